The molecule has 0 aliphatic rings. The second-order valence-electron chi connectivity index (χ2n) is 5.39. The Hall–Kier alpha value is -1.60. The van der Waals surface area contributed by atoms with Crippen LogP contribution in [0.3, 0.4) is 0 Å². The average Bonchev–Trinajstić information content (AvgIpc) is 2.42. The largest absolute Gasteiger partial charge is 0.317 e. The molecule has 0 fully saturated rings. The van der Waals surface area contributed by atoms with E-state index in [1.54, 1.807) is 0 Å². The Morgan fingerprint density at radius 1 is 0.895 bits per heavy atom. The summed E-state index contributed by atoms with van der Waals surface area (Å²) in [5.74, 6) is 0. The van der Waals surface area contributed by atoms with Crippen LogP contribution in [-0.4, -0.2) is 13.1 Å². The Balaban J connectivity index is 2.20. The molecule has 0 aliphatic carbocycles. The van der Waals surface area contributed by atoms with Crippen LogP contribution < -0.4 is 5.32 Å². The molecule has 1 unspecified atom stereocenters. The molecule has 0 bridgehead atoms. The molecule has 2 aromatic rings. The molecule has 1 nitrogen and oxygen atoms in total. The number of likely N-dealkylation sites (N-methyl/N-ethyl adjacent to an activating group) is 1. The van der Waals surface area contributed by atoms with Gasteiger partial charge in [-0.3, -0.25) is 0 Å². The summed E-state index contributed by atoms with van der Waals surface area (Å²) in [7, 11) is 2.01. The third-order valence-corrected chi connectivity index (χ3v) is 3.83. The van der Waals surface area contributed by atoms with Crippen LogP contribution in [-0.2, 0) is 6.42 Å². The fraction of sp³-hybridized carbons (Fsp3) is 0.333. The first-order valence-corrected chi connectivity index (χ1v) is 6.94. The summed E-state index contributed by atoms with van der Waals surface area (Å²) in [6, 6.07) is 16.1. The number of aryl methyl sites for hydroxylation is 2. The van der Waals surface area contributed by atoms with E-state index in [0.29, 0.717) is 6.04 Å². The van der Waals surface area contributed by atoms with Gasteiger partial charge in [-0.25, -0.2) is 0 Å². The molecule has 0 saturated carbocycles. The van der Waals surface area contributed by atoms with Crippen molar-refractivity contribution in [3.05, 3.63) is 59.2 Å². The minimum Gasteiger partial charge on any atom is -0.317 e. The van der Waals surface area contributed by atoms with E-state index >= 15 is 0 Å². The highest BCUT2D eigenvalue weighted by Crippen LogP contribution is 2.22. The summed E-state index contributed by atoms with van der Waals surface area (Å²) >= 11 is 0. The minimum atomic E-state index is 0.521. The van der Waals surface area contributed by atoms with Crippen LogP contribution in [0, 0.1) is 13.8 Å². The molecule has 0 aliphatic heterocycles. The molecule has 1 atom stereocenters. The van der Waals surface area contributed by atoms with Gasteiger partial charge in [-0.1, -0.05) is 42.5 Å². The first kappa shape index (κ1) is 13.8. The lowest BCUT2D eigenvalue weighted by Gasteiger charge is -2.11. The van der Waals surface area contributed by atoms with Crippen molar-refractivity contribution >= 4 is 0 Å². The van der Waals surface area contributed by atoms with Crippen LogP contribution in [0.15, 0.2) is 42.5 Å². The van der Waals surface area contributed by atoms with E-state index in [9.17, 15) is 0 Å². The molecule has 0 amide bonds. The molecule has 0 spiro atoms. The summed E-state index contributed by atoms with van der Waals surface area (Å²) in [6.07, 6.45) is 1.07. The fourth-order valence-corrected chi connectivity index (χ4v) is 2.21. The van der Waals surface area contributed by atoms with Gasteiger partial charge in [0.15, 0.2) is 0 Å². The Morgan fingerprint density at radius 3 is 2.11 bits per heavy atom. The number of rotatable bonds is 4. The predicted octanol–water partition coefficient (Wildman–Crippen LogP) is 4.12. The monoisotopic (exact) mass is 253 g/mol. The normalized spacial score (nSPS) is 12.4. The SMILES string of the molecule is CNC(C)Cc1ccc(-c2ccc(C)c(C)c2)cc1. The average molecular weight is 253 g/mol. The van der Waals surface area contributed by atoms with Gasteiger partial charge in [-0.2, -0.15) is 0 Å². The maximum atomic E-state index is 3.27. The van der Waals surface area contributed by atoms with Gasteiger partial charge in [0.05, 0.1) is 0 Å². The van der Waals surface area contributed by atoms with Crippen molar-refractivity contribution in [3.63, 3.8) is 0 Å². The maximum absolute atomic E-state index is 3.27. The summed E-state index contributed by atoms with van der Waals surface area (Å²) in [5, 5.41) is 3.27. The van der Waals surface area contributed by atoms with Crippen LogP contribution >= 0.6 is 0 Å². The quantitative estimate of drug-likeness (QED) is 0.864. The Kier molecular flexibility index (Phi) is 4.39. The van der Waals surface area contributed by atoms with E-state index in [0.717, 1.165) is 6.42 Å². The van der Waals surface area contributed by atoms with Crippen LogP contribution in [0.4, 0.5) is 0 Å². The van der Waals surface area contributed by atoms with E-state index < -0.39 is 0 Å². The Bertz CT molecular complexity index is 540. The topological polar surface area (TPSA) is 12.0 Å². The highest BCUT2D eigenvalue weighted by atomic mass is 14.8. The van der Waals surface area contributed by atoms with Crippen molar-refractivity contribution in [3.8, 4) is 11.1 Å². The van der Waals surface area contributed by atoms with Crippen molar-refractivity contribution in [2.24, 2.45) is 0 Å². The zero-order valence-electron chi connectivity index (χ0n) is 12.3. The smallest absolute Gasteiger partial charge is 0.00761 e. The molecule has 0 radical (unpaired) electrons. The summed E-state index contributed by atoms with van der Waals surface area (Å²) in [4.78, 5) is 0. The molecule has 1 N–H and O–H groups in total. The van der Waals surface area contributed by atoms with Gasteiger partial charge in [0.2, 0.25) is 0 Å². The lowest BCUT2D eigenvalue weighted by atomic mass is 9.98. The molecule has 19 heavy (non-hydrogen) atoms. The lowest BCUT2D eigenvalue weighted by Crippen LogP contribution is -2.23. The first-order chi connectivity index (χ1) is 9.10. The van der Waals surface area contributed by atoms with Crippen molar-refractivity contribution < 1.29 is 0 Å². The minimum absolute atomic E-state index is 0.521. The van der Waals surface area contributed by atoms with Crippen molar-refractivity contribution in [1.29, 1.82) is 0 Å². The van der Waals surface area contributed by atoms with Gasteiger partial charge in [-0.05, 0) is 62.1 Å². The van der Waals surface area contributed by atoms with Crippen LogP contribution in [0.5, 0.6) is 0 Å². The highest BCUT2D eigenvalue weighted by Gasteiger charge is 2.03. The standard InChI is InChI=1S/C18H23N/c1-13-5-8-18(11-14(13)2)17-9-6-16(7-10-17)12-15(3)19-4/h5-11,15,19H,12H2,1-4H3. The third kappa shape index (κ3) is 3.45. The highest BCUT2D eigenvalue weighted by molar-refractivity contribution is 5.65. The number of hydrogen-bond donors (Lipinski definition) is 1. The van der Waals surface area contributed by atoms with Gasteiger partial charge in [0.25, 0.3) is 0 Å². The van der Waals surface area contributed by atoms with Crippen LogP contribution in [0.25, 0.3) is 11.1 Å². The van der Waals surface area contributed by atoms with Crippen molar-refractivity contribution in [2.75, 3.05) is 7.05 Å². The summed E-state index contributed by atoms with van der Waals surface area (Å²) in [5.41, 5.74) is 6.68. The Morgan fingerprint density at radius 2 is 1.53 bits per heavy atom. The second-order valence-corrected chi connectivity index (χ2v) is 5.39. The first-order valence-electron chi connectivity index (χ1n) is 6.94. The zero-order chi connectivity index (χ0) is 13.8. The molecule has 0 aromatic heterocycles. The Labute approximate surface area is 116 Å². The summed E-state index contributed by atoms with van der Waals surface area (Å²) < 4.78 is 0. The van der Waals surface area contributed by atoms with Crippen LogP contribution in [0.2, 0.25) is 0 Å². The second kappa shape index (κ2) is 6.03. The van der Waals surface area contributed by atoms with E-state index in [1.165, 1.54) is 27.8 Å². The molecule has 0 heterocycles. The molecule has 100 valence electrons. The molecular formula is C18H23N. The van der Waals surface area contributed by atoms with E-state index in [2.05, 4.69) is 68.6 Å². The fourth-order valence-electron chi connectivity index (χ4n) is 2.21. The summed E-state index contributed by atoms with van der Waals surface area (Å²) in [6.45, 7) is 6.53. The van der Waals surface area contributed by atoms with E-state index in [-0.39, 0.29) is 0 Å². The van der Waals surface area contributed by atoms with Gasteiger partial charge in [0.1, 0.15) is 0 Å². The lowest BCUT2D eigenvalue weighted by molar-refractivity contribution is 0.608. The zero-order valence-corrected chi connectivity index (χ0v) is 12.3. The number of nitrogens with one attached hydrogen (secondary N) is 1. The van der Waals surface area contributed by atoms with Gasteiger partial charge >= 0.3 is 0 Å². The molecule has 1 heteroatoms. The number of hydrogen-bond acceptors (Lipinski definition) is 1. The number of benzene rings is 2. The van der Waals surface area contributed by atoms with Gasteiger partial charge in [0, 0.05) is 6.04 Å². The molecule has 2 rings (SSSR count). The predicted molar refractivity (Wildman–Crippen MR) is 83.6 cm³/mol. The van der Waals surface area contributed by atoms with Gasteiger partial charge < -0.3 is 5.32 Å². The maximum Gasteiger partial charge on any atom is 0.00761 e. The van der Waals surface area contributed by atoms with Crippen LogP contribution in [0.1, 0.15) is 23.6 Å². The molecule has 2 aromatic carbocycles. The van der Waals surface area contributed by atoms with Crippen molar-refractivity contribution in [1.82, 2.24) is 5.32 Å². The van der Waals surface area contributed by atoms with E-state index in [1.807, 2.05) is 7.05 Å². The molecular weight excluding hydrogens is 230 g/mol. The molecule has 0 saturated heterocycles. The van der Waals surface area contributed by atoms with Crippen molar-refractivity contribution in [2.45, 2.75) is 33.2 Å². The van der Waals surface area contributed by atoms with Gasteiger partial charge in [-0.15, -0.1) is 0 Å². The van der Waals surface area contributed by atoms with E-state index in [4.69, 9.17) is 0 Å². The third-order valence-electron chi connectivity index (χ3n) is 3.83.